The SMILES string of the molecule is COC(=O)C(C)c1noc2cc(F)c(N)cc12. The molecule has 0 saturated carbocycles. The Kier molecular flexibility index (Phi) is 2.71. The first-order valence-electron chi connectivity index (χ1n) is 4.96. The molecule has 0 aliphatic rings. The third-order valence-electron chi connectivity index (χ3n) is 2.58. The standard InChI is InChI=1S/C11H11FN2O3/c1-5(11(15)16-2)10-6-3-8(13)7(12)4-9(6)17-14-10/h3-5H,13H2,1-2H3. The van der Waals surface area contributed by atoms with E-state index >= 15 is 0 Å². The van der Waals surface area contributed by atoms with E-state index in [4.69, 9.17) is 10.3 Å². The Labute approximate surface area is 96.3 Å². The Morgan fingerprint density at radius 3 is 2.94 bits per heavy atom. The third-order valence-corrected chi connectivity index (χ3v) is 2.58. The molecule has 2 rings (SSSR count). The van der Waals surface area contributed by atoms with Gasteiger partial charge in [0.2, 0.25) is 0 Å². The normalized spacial score (nSPS) is 12.6. The number of nitrogens with two attached hydrogens (primary N) is 1. The summed E-state index contributed by atoms with van der Waals surface area (Å²) in [7, 11) is 1.29. The van der Waals surface area contributed by atoms with Gasteiger partial charge in [0.05, 0.1) is 12.8 Å². The molecule has 1 heterocycles. The highest BCUT2D eigenvalue weighted by Gasteiger charge is 2.23. The summed E-state index contributed by atoms with van der Waals surface area (Å²) in [5.41, 5.74) is 6.09. The highest BCUT2D eigenvalue weighted by molar-refractivity contribution is 5.88. The topological polar surface area (TPSA) is 78.3 Å². The zero-order valence-electron chi connectivity index (χ0n) is 9.36. The number of halogens is 1. The number of nitrogens with zero attached hydrogens (tertiary/aromatic N) is 1. The van der Waals surface area contributed by atoms with Gasteiger partial charge in [0, 0.05) is 11.5 Å². The van der Waals surface area contributed by atoms with Crippen LogP contribution in [0.3, 0.4) is 0 Å². The molecule has 0 aliphatic carbocycles. The van der Waals surface area contributed by atoms with Gasteiger partial charge in [-0.2, -0.15) is 0 Å². The molecule has 90 valence electrons. The Bertz CT molecular complexity index is 579. The number of hydrogen-bond donors (Lipinski definition) is 1. The Hall–Kier alpha value is -2.11. The molecular weight excluding hydrogens is 227 g/mol. The van der Waals surface area contributed by atoms with Gasteiger partial charge in [0.15, 0.2) is 5.58 Å². The molecular formula is C11H11FN2O3. The van der Waals surface area contributed by atoms with Crippen molar-refractivity contribution in [2.75, 3.05) is 12.8 Å². The fraction of sp³-hybridized carbons (Fsp3) is 0.273. The summed E-state index contributed by atoms with van der Waals surface area (Å²) < 4.78 is 22.7. The van der Waals surface area contributed by atoms with Crippen LogP contribution in [-0.2, 0) is 9.53 Å². The van der Waals surface area contributed by atoms with Gasteiger partial charge in [-0.3, -0.25) is 4.79 Å². The fourth-order valence-electron chi connectivity index (χ4n) is 1.60. The summed E-state index contributed by atoms with van der Waals surface area (Å²) in [6.45, 7) is 1.63. The predicted octanol–water partition coefficient (Wildman–Crippen LogP) is 1.83. The summed E-state index contributed by atoms with van der Waals surface area (Å²) in [6, 6.07) is 2.54. The van der Waals surface area contributed by atoms with E-state index in [0.717, 1.165) is 6.07 Å². The minimum atomic E-state index is -0.592. The van der Waals surface area contributed by atoms with E-state index in [1.165, 1.54) is 13.2 Å². The Morgan fingerprint density at radius 2 is 2.29 bits per heavy atom. The van der Waals surface area contributed by atoms with E-state index in [1.54, 1.807) is 6.92 Å². The number of anilines is 1. The molecule has 1 aromatic carbocycles. The molecule has 0 bridgehead atoms. The molecule has 17 heavy (non-hydrogen) atoms. The maximum atomic E-state index is 13.2. The van der Waals surface area contributed by atoms with Crippen molar-refractivity contribution < 1.29 is 18.4 Å². The largest absolute Gasteiger partial charge is 0.469 e. The van der Waals surface area contributed by atoms with Crippen molar-refractivity contribution in [1.82, 2.24) is 5.16 Å². The van der Waals surface area contributed by atoms with Gasteiger partial charge in [-0.25, -0.2) is 4.39 Å². The van der Waals surface area contributed by atoms with E-state index in [2.05, 4.69) is 9.89 Å². The van der Waals surface area contributed by atoms with Crippen molar-refractivity contribution in [3.63, 3.8) is 0 Å². The molecule has 2 N–H and O–H groups in total. The molecule has 1 atom stereocenters. The van der Waals surface area contributed by atoms with Crippen LogP contribution >= 0.6 is 0 Å². The Morgan fingerprint density at radius 1 is 1.59 bits per heavy atom. The van der Waals surface area contributed by atoms with Gasteiger partial charge in [-0.1, -0.05) is 5.16 Å². The summed E-state index contributed by atoms with van der Waals surface area (Å²) in [4.78, 5) is 11.4. The summed E-state index contributed by atoms with van der Waals surface area (Å²) in [5.74, 6) is -1.61. The fourth-order valence-corrected chi connectivity index (χ4v) is 1.60. The second kappa shape index (κ2) is 4.04. The van der Waals surface area contributed by atoms with Crippen LogP contribution in [0.5, 0.6) is 0 Å². The molecule has 0 saturated heterocycles. The quantitative estimate of drug-likeness (QED) is 0.637. The molecule has 5 nitrogen and oxygen atoms in total. The van der Waals surface area contributed by atoms with Crippen LogP contribution < -0.4 is 5.73 Å². The maximum absolute atomic E-state index is 13.2. The van der Waals surface area contributed by atoms with Gasteiger partial charge in [-0.15, -0.1) is 0 Å². The van der Waals surface area contributed by atoms with Crippen molar-refractivity contribution in [2.24, 2.45) is 0 Å². The zero-order chi connectivity index (χ0) is 12.6. The van der Waals surface area contributed by atoms with Crippen molar-refractivity contribution in [3.05, 3.63) is 23.6 Å². The molecule has 0 radical (unpaired) electrons. The predicted molar refractivity (Wildman–Crippen MR) is 58.8 cm³/mol. The lowest BCUT2D eigenvalue weighted by atomic mass is 10.0. The van der Waals surface area contributed by atoms with E-state index in [1.807, 2.05) is 0 Å². The van der Waals surface area contributed by atoms with E-state index < -0.39 is 17.7 Å². The number of carbonyl (C=O) groups excluding carboxylic acids is 1. The van der Waals surface area contributed by atoms with Crippen LogP contribution in [0, 0.1) is 5.82 Å². The summed E-state index contributed by atoms with van der Waals surface area (Å²) in [6.07, 6.45) is 0. The molecule has 0 spiro atoms. The van der Waals surface area contributed by atoms with E-state index in [9.17, 15) is 9.18 Å². The van der Waals surface area contributed by atoms with Crippen LogP contribution in [0.4, 0.5) is 10.1 Å². The van der Waals surface area contributed by atoms with Gasteiger partial charge >= 0.3 is 5.97 Å². The number of aromatic nitrogens is 1. The summed E-state index contributed by atoms with van der Waals surface area (Å²) >= 11 is 0. The van der Waals surface area contributed by atoms with Crippen LogP contribution in [0.2, 0.25) is 0 Å². The first kappa shape index (κ1) is 11.4. The van der Waals surface area contributed by atoms with Crippen LogP contribution in [0.25, 0.3) is 11.0 Å². The van der Waals surface area contributed by atoms with Gasteiger partial charge in [0.25, 0.3) is 0 Å². The number of carbonyl (C=O) groups is 1. The average molecular weight is 238 g/mol. The lowest BCUT2D eigenvalue weighted by molar-refractivity contribution is -0.142. The second-order valence-corrected chi connectivity index (χ2v) is 3.68. The highest BCUT2D eigenvalue weighted by Crippen LogP contribution is 2.28. The number of rotatable bonds is 2. The number of esters is 1. The minimum Gasteiger partial charge on any atom is -0.469 e. The van der Waals surface area contributed by atoms with Crippen LogP contribution in [0.15, 0.2) is 16.7 Å². The Balaban J connectivity index is 2.56. The lowest BCUT2D eigenvalue weighted by Gasteiger charge is -2.05. The summed E-state index contributed by atoms with van der Waals surface area (Å²) in [5, 5.41) is 4.26. The molecule has 1 unspecified atom stereocenters. The maximum Gasteiger partial charge on any atom is 0.314 e. The number of ether oxygens (including phenoxy) is 1. The average Bonchev–Trinajstić information content (AvgIpc) is 2.70. The van der Waals surface area contributed by atoms with E-state index in [0.29, 0.717) is 11.1 Å². The smallest absolute Gasteiger partial charge is 0.314 e. The number of methoxy groups -OCH3 is 1. The molecule has 6 heteroatoms. The van der Waals surface area contributed by atoms with Crippen molar-refractivity contribution >= 4 is 22.6 Å². The van der Waals surface area contributed by atoms with Crippen molar-refractivity contribution in [2.45, 2.75) is 12.8 Å². The first-order chi connectivity index (χ1) is 8.04. The number of benzene rings is 1. The highest BCUT2D eigenvalue weighted by atomic mass is 19.1. The van der Waals surface area contributed by atoms with Crippen molar-refractivity contribution in [1.29, 1.82) is 0 Å². The van der Waals surface area contributed by atoms with Gasteiger partial charge in [0.1, 0.15) is 17.4 Å². The van der Waals surface area contributed by atoms with Crippen molar-refractivity contribution in [3.8, 4) is 0 Å². The molecule has 0 amide bonds. The monoisotopic (exact) mass is 238 g/mol. The first-order valence-corrected chi connectivity index (χ1v) is 4.96. The number of fused-ring (bicyclic) bond motifs is 1. The zero-order valence-corrected chi connectivity index (χ0v) is 9.36. The van der Waals surface area contributed by atoms with E-state index in [-0.39, 0.29) is 11.3 Å². The van der Waals surface area contributed by atoms with Gasteiger partial charge in [-0.05, 0) is 13.0 Å². The molecule has 2 aromatic rings. The second-order valence-electron chi connectivity index (χ2n) is 3.68. The molecule has 0 fully saturated rings. The van der Waals surface area contributed by atoms with Crippen LogP contribution in [0.1, 0.15) is 18.5 Å². The third kappa shape index (κ3) is 1.82. The molecule has 1 aromatic heterocycles. The number of nitrogen functional groups attached to an aromatic ring is 1. The lowest BCUT2D eigenvalue weighted by Crippen LogP contribution is -2.11. The van der Waals surface area contributed by atoms with Gasteiger partial charge < -0.3 is 15.0 Å². The van der Waals surface area contributed by atoms with Crippen LogP contribution in [-0.4, -0.2) is 18.2 Å². The number of hydrogen-bond acceptors (Lipinski definition) is 5. The minimum absolute atomic E-state index is 0.0148. The molecule has 0 aliphatic heterocycles.